The Morgan fingerprint density at radius 2 is 2.00 bits per heavy atom. The molecule has 0 bridgehead atoms. The quantitative estimate of drug-likeness (QED) is 0.838. The number of hydrogen-bond acceptors (Lipinski definition) is 4. The molecule has 132 valence electrons. The van der Waals surface area contributed by atoms with Crippen molar-refractivity contribution in [3.8, 4) is 0 Å². The highest BCUT2D eigenvalue weighted by molar-refractivity contribution is 5.80. The molecule has 0 atom stereocenters. The minimum absolute atomic E-state index is 0.114. The number of aromatic nitrogens is 3. The molecule has 2 amide bonds. The van der Waals surface area contributed by atoms with Gasteiger partial charge in [-0.3, -0.25) is 14.2 Å². The Kier molecular flexibility index (Phi) is 5.01. The summed E-state index contributed by atoms with van der Waals surface area (Å²) in [6, 6.07) is 0. The molecule has 0 aliphatic carbocycles. The molecule has 24 heavy (non-hydrogen) atoms. The van der Waals surface area contributed by atoms with E-state index in [1.807, 2.05) is 11.8 Å². The van der Waals surface area contributed by atoms with Crippen molar-refractivity contribution < 1.29 is 9.59 Å². The molecule has 1 aromatic rings. The van der Waals surface area contributed by atoms with Crippen LogP contribution in [-0.2, 0) is 16.1 Å². The van der Waals surface area contributed by atoms with Gasteiger partial charge in [0.15, 0.2) is 0 Å². The Labute approximate surface area is 140 Å². The fraction of sp³-hybridized carbons (Fsp3) is 0.750. The zero-order valence-corrected chi connectivity index (χ0v) is 14.2. The Morgan fingerprint density at radius 1 is 1.25 bits per heavy atom. The van der Waals surface area contributed by atoms with Crippen LogP contribution in [0.1, 0.15) is 50.8 Å². The van der Waals surface area contributed by atoms with Gasteiger partial charge < -0.3 is 9.80 Å². The molecule has 0 saturated carbocycles. The van der Waals surface area contributed by atoms with E-state index in [1.54, 1.807) is 9.47 Å². The summed E-state index contributed by atoms with van der Waals surface area (Å²) < 4.78 is 1.67. The number of H-pyrrole nitrogens is 1. The molecule has 3 heterocycles. The Balaban J connectivity index is 1.50. The van der Waals surface area contributed by atoms with Gasteiger partial charge in [0.2, 0.25) is 11.8 Å². The smallest absolute Gasteiger partial charge is 0.343 e. The number of likely N-dealkylation sites (tertiary alicyclic amines) is 2. The lowest BCUT2D eigenvalue weighted by atomic mass is 9.95. The predicted octanol–water partition coefficient (Wildman–Crippen LogP) is 0.310. The SMILES string of the molecule is CCn1c(C2CCN(C(=O)CCN3CCCC3=O)CC2)n[nH]c1=O. The summed E-state index contributed by atoms with van der Waals surface area (Å²) in [6.07, 6.45) is 3.55. The van der Waals surface area contributed by atoms with Crippen LogP contribution in [0.2, 0.25) is 0 Å². The van der Waals surface area contributed by atoms with Gasteiger partial charge in [-0.2, -0.15) is 5.10 Å². The highest BCUT2D eigenvalue weighted by atomic mass is 16.2. The van der Waals surface area contributed by atoms with E-state index in [2.05, 4.69) is 10.2 Å². The number of carbonyl (C=O) groups is 2. The third-order valence-electron chi connectivity index (χ3n) is 5.08. The van der Waals surface area contributed by atoms with E-state index in [9.17, 15) is 14.4 Å². The van der Waals surface area contributed by atoms with Crippen molar-refractivity contribution in [3.05, 3.63) is 16.3 Å². The molecule has 2 fully saturated rings. The lowest BCUT2D eigenvalue weighted by Gasteiger charge is -2.32. The minimum Gasteiger partial charge on any atom is -0.343 e. The van der Waals surface area contributed by atoms with Gasteiger partial charge in [0.1, 0.15) is 5.82 Å². The van der Waals surface area contributed by atoms with Crippen LogP contribution >= 0.6 is 0 Å². The summed E-state index contributed by atoms with van der Waals surface area (Å²) in [6.45, 7) is 5.21. The van der Waals surface area contributed by atoms with Gasteiger partial charge in [-0.05, 0) is 26.2 Å². The maximum Gasteiger partial charge on any atom is 0.343 e. The third kappa shape index (κ3) is 3.37. The Morgan fingerprint density at radius 3 is 2.62 bits per heavy atom. The first-order valence-corrected chi connectivity index (χ1v) is 8.80. The second kappa shape index (κ2) is 7.19. The first-order chi connectivity index (χ1) is 11.6. The summed E-state index contributed by atoms with van der Waals surface area (Å²) in [5.41, 5.74) is -0.165. The number of amides is 2. The zero-order valence-electron chi connectivity index (χ0n) is 14.2. The van der Waals surface area contributed by atoms with E-state index in [4.69, 9.17) is 0 Å². The molecular weight excluding hydrogens is 310 g/mol. The van der Waals surface area contributed by atoms with Crippen molar-refractivity contribution in [1.29, 1.82) is 0 Å². The first kappa shape index (κ1) is 16.7. The van der Waals surface area contributed by atoms with Crippen LogP contribution in [0, 0.1) is 0 Å². The fourth-order valence-corrected chi connectivity index (χ4v) is 3.66. The largest absolute Gasteiger partial charge is 0.343 e. The molecule has 3 rings (SSSR count). The van der Waals surface area contributed by atoms with Gasteiger partial charge in [-0.15, -0.1) is 0 Å². The molecule has 0 aromatic carbocycles. The summed E-state index contributed by atoms with van der Waals surface area (Å²) in [4.78, 5) is 39.3. The van der Waals surface area contributed by atoms with Crippen molar-refractivity contribution in [2.45, 2.75) is 51.5 Å². The zero-order chi connectivity index (χ0) is 17.1. The highest BCUT2D eigenvalue weighted by Gasteiger charge is 2.28. The van der Waals surface area contributed by atoms with E-state index < -0.39 is 0 Å². The third-order valence-corrected chi connectivity index (χ3v) is 5.08. The Bertz CT molecular complexity index is 657. The monoisotopic (exact) mass is 335 g/mol. The molecule has 0 spiro atoms. The van der Waals surface area contributed by atoms with Gasteiger partial charge in [-0.1, -0.05) is 0 Å². The van der Waals surface area contributed by atoms with Crippen LogP contribution in [0.25, 0.3) is 0 Å². The van der Waals surface area contributed by atoms with Gasteiger partial charge in [0, 0.05) is 51.5 Å². The number of nitrogens with one attached hydrogen (secondary N) is 1. The van der Waals surface area contributed by atoms with Crippen LogP contribution < -0.4 is 5.69 Å². The predicted molar refractivity (Wildman–Crippen MR) is 87.5 cm³/mol. The summed E-state index contributed by atoms with van der Waals surface area (Å²) in [5.74, 6) is 1.30. The molecule has 8 nitrogen and oxygen atoms in total. The van der Waals surface area contributed by atoms with Crippen LogP contribution in [0.15, 0.2) is 4.79 Å². The lowest BCUT2D eigenvalue weighted by molar-refractivity contribution is -0.133. The molecule has 2 aliphatic rings. The van der Waals surface area contributed by atoms with Crippen LogP contribution in [0.4, 0.5) is 0 Å². The van der Waals surface area contributed by atoms with Crippen LogP contribution in [-0.4, -0.2) is 62.6 Å². The van der Waals surface area contributed by atoms with Crippen molar-refractivity contribution in [1.82, 2.24) is 24.6 Å². The van der Waals surface area contributed by atoms with Gasteiger partial charge in [0.25, 0.3) is 0 Å². The molecule has 2 saturated heterocycles. The van der Waals surface area contributed by atoms with Crippen molar-refractivity contribution in [3.63, 3.8) is 0 Å². The lowest BCUT2D eigenvalue weighted by Crippen LogP contribution is -2.40. The van der Waals surface area contributed by atoms with Crippen LogP contribution in [0.3, 0.4) is 0 Å². The highest BCUT2D eigenvalue weighted by Crippen LogP contribution is 2.26. The molecule has 1 N–H and O–H groups in total. The van der Waals surface area contributed by atoms with E-state index in [-0.39, 0.29) is 23.4 Å². The number of hydrogen-bond donors (Lipinski definition) is 1. The van der Waals surface area contributed by atoms with E-state index >= 15 is 0 Å². The minimum atomic E-state index is -0.165. The average Bonchev–Trinajstić information content (AvgIpc) is 3.18. The van der Waals surface area contributed by atoms with Crippen molar-refractivity contribution >= 4 is 11.8 Å². The topological polar surface area (TPSA) is 91.3 Å². The molecule has 0 unspecified atom stereocenters. The van der Waals surface area contributed by atoms with E-state index in [1.165, 1.54) is 0 Å². The number of aromatic amines is 1. The molecule has 8 heteroatoms. The van der Waals surface area contributed by atoms with E-state index in [0.29, 0.717) is 39.0 Å². The maximum absolute atomic E-state index is 12.3. The normalized spacial score (nSPS) is 19.3. The summed E-state index contributed by atoms with van der Waals surface area (Å²) >= 11 is 0. The average molecular weight is 335 g/mol. The van der Waals surface area contributed by atoms with Crippen molar-refractivity contribution in [2.24, 2.45) is 0 Å². The second-order valence-corrected chi connectivity index (χ2v) is 6.52. The number of rotatable bonds is 5. The number of nitrogens with zero attached hydrogens (tertiary/aromatic N) is 4. The van der Waals surface area contributed by atoms with Crippen LogP contribution in [0.5, 0.6) is 0 Å². The Hall–Kier alpha value is -2.12. The first-order valence-electron chi connectivity index (χ1n) is 8.80. The summed E-state index contributed by atoms with van der Waals surface area (Å²) in [5, 5.41) is 6.67. The van der Waals surface area contributed by atoms with Gasteiger partial charge >= 0.3 is 5.69 Å². The number of carbonyl (C=O) groups excluding carboxylic acids is 2. The maximum atomic E-state index is 12.3. The van der Waals surface area contributed by atoms with E-state index in [0.717, 1.165) is 31.6 Å². The van der Waals surface area contributed by atoms with Crippen molar-refractivity contribution in [2.75, 3.05) is 26.2 Å². The molecule has 0 radical (unpaired) electrons. The summed E-state index contributed by atoms with van der Waals surface area (Å²) in [7, 11) is 0. The molecular formula is C16H25N5O3. The molecule has 1 aromatic heterocycles. The van der Waals surface area contributed by atoms with Gasteiger partial charge in [-0.25, -0.2) is 9.89 Å². The standard InChI is InChI=1S/C16H25N5O3/c1-2-21-15(17-18-16(21)24)12-5-9-20(10-6-12)14(23)7-11-19-8-3-4-13(19)22/h12H,2-11H2,1H3,(H,18,24). The molecule has 2 aliphatic heterocycles. The van der Waals surface area contributed by atoms with Gasteiger partial charge in [0.05, 0.1) is 0 Å². The number of piperidine rings is 1. The second-order valence-electron chi connectivity index (χ2n) is 6.52. The fourth-order valence-electron chi connectivity index (χ4n) is 3.66.